The van der Waals surface area contributed by atoms with Gasteiger partial charge in [0.15, 0.2) is 6.10 Å². The third-order valence-corrected chi connectivity index (χ3v) is 13.8. The molecule has 63 heavy (non-hydrogen) atoms. The highest BCUT2D eigenvalue weighted by molar-refractivity contribution is 6.30. The molecule has 3 aromatic rings. The van der Waals surface area contributed by atoms with Gasteiger partial charge in [-0.3, -0.25) is 19.2 Å². The summed E-state index contributed by atoms with van der Waals surface area (Å²) in [5, 5.41) is 40.6. The lowest BCUT2D eigenvalue weighted by molar-refractivity contribution is -0.266. The number of Topliss-reactive ketones (excluding diaryl/α,β-unsaturated/α-hetero) is 1. The molecule has 15 nitrogen and oxygen atoms in total. The Hall–Kier alpha value is -5.45. The van der Waals surface area contributed by atoms with E-state index in [0.29, 0.717) is 10.6 Å². The summed E-state index contributed by atoms with van der Waals surface area (Å²) in [4.78, 5) is 84.2. The van der Waals surface area contributed by atoms with Crippen LogP contribution in [0.2, 0.25) is 5.02 Å². The number of fused-ring (bicyclic) bond motifs is 3. The predicted octanol–water partition coefficient (Wildman–Crippen LogP) is 4.74. The van der Waals surface area contributed by atoms with E-state index < -0.39 is 112 Å². The van der Waals surface area contributed by atoms with Gasteiger partial charge in [-0.2, -0.15) is 0 Å². The normalized spacial score (nSPS) is 32.6. The van der Waals surface area contributed by atoms with Crippen molar-refractivity contribution in [1.82, 2.24) is 5.32 Å². The topological polar surface area (TPSA) is 221 Å². The Morgan fingerprint density at radius 1 is 0.841 bits per heavy atom. The highest BCUT2D eigenvalue weighted by Gasteiger charge is 2.82. The SMILES string of the molecule is CC(=O)O[C@@]12O[C@@H]3C[C@H](O)[C@@](C)(C1=O)[C@H]([C@H](OC(=O)c1ccccc1)[C@]1(O)C[C@H](OC(=O)[C@H](O)[C@@H](NC(=O)c4ccc(Cl)cc4)c4ccccc4)C(C)=C2C1(C)C)[C@@]3(C)OC(C)=O. The number of ketones is 1. The van der Waals surface area contributed by atoms with Gasteiger partial charge < -0.3 is 44.3 Å². The number of hydrogen-bond donors (Lipinski definition) is 4. The molecule has 11 atom stereocenters. The van der Waals surface area contributed by atoms with Crippen LogP contribution in [0.15, 0.2) is 96.1 Å². The average molecular weight is 888 g/mol. The molecule has 4 fully saturated rings. The molecule has 1 amide bonds. The van der Waals surface area contributed by atoms with E-state index in [4.69, 9.17) is 35.3 Å². The molecule has 0 aromatic heterocycles. The van der Waals surface area contributed by atoms with E-state index in [1.54, 1.807) is 48.5 Å². The Balaban J connectivity index is 1.41. The number of amides is 1. The molecule has 5 aliphatic rings. The molecule has 0 radical (unpaired) electrons. The number of carbonyl (C=O) groups excluding carboxylic acids is 6. The number of aliphatic hydroxyl groups is 3. The van der Waals surface area contributed by atoms with Crippen molar-refractivity contribution in [3.8, 4) is 0 Å². The summed E-state index contributed by atoms with van der Waals surface area (Å²) in [6.07, 6.45) is -9.45. The van der Waals surface area contributed by atoms with E-state index in [9.17, 15) is 39.3 Å². The van der Waals surface area contributed by atoms with Gasteiger partial charge in [0, 0.05) is 48.3 Å². The third kappa shape index (κ3) is 7.33. The second kappa shape index (κ2) is 16.3. The molecule has 2 saturated heterocycles. The number of ether oxygens (including phenoxy) is 5. The van der Waals surface area contributed by atoms with Crippen molar-refractivity contribution >= 4 is 47.2 Å². The zero-order chi connectivity index (χ0) is 46.0. The second-order valence-corrected chi connectivity index (χ2v) is 18.1. The van der Waals surface area contributed by atoms with Crippen LogP contribution >= 0.6 is 11.6 Å². The van der Waals surface area contributed by atoms with Crippen LogP contribution in [0.1, 0.15) is 93.6 Å². The monoisotopic (exact) mass is 887 g/mol. The van der Waals surface area contributed by atoms with Gasteiger partial charge in [0.25, 0.3) is 11.7 Å². The van der Waals surface area contributed by atoms with E-state index in [2.05, 4.69) is 5.32 Å². The minimum absolute atomic E-state index is 0.0536. The van der Waals surface area contributed by atoms with Crippen molar-refractivity contribution in [2.24, 2.45) is 16.7 Å². The maximum Gasteiger partial charge on any atom is 0.338 e. The van der Waals surface area contributed by atoms with Gasteiger partial charge in [0.2, 0.25) is 5.78 Å². The molecule has 3 aromatic carbocycles. The number of carbonyl (C=O) groups is 6. The molecular weight excluding hydrogens is 838 g/mol. The molecule has 8 rings (SSSR count). The zero-order valence-electron chi connectivity index (χ0n) is 35.7. The van der Waals surface area contributed by atoms with Crippen molar-refractivity contribution in [2.45, 2.75) is 115 Å². The highest BCUT2D eigenvalue weighted by atomic mass is 35.5. The Morgan fingerprint density at radius 2 is 1.43 bits per heavy atom. The lowest BCUT2D eigenvalue weighted by Gasteiger charge is -2.62. The standard InChI is InChI=1S/C47H50ClNO14/c1-24-31(59-41(56)35(53)34(27-14-10-8-11-15-27)49-39(54)28-18-20-30(48)21-19-28)23-46(58)38(60-40(55)29-16-12-9-13-17-29)37-44(6)32(52)22-33(45(37,7)61-25(2)50)63-47(42(44)57,62-26(3)51)36(24)43(46,4)5/h8-21,31-35,37-38,52-53,58H,22-23H2,1-7H3,(H,49,54)/t31-,32-,33+,34-,35+,37-,38-,44+,45-,46+,47-/m0/s1. The van der Waals surface area contributed by atoms with Crippen molar-refractivity contribution < 1.29 is 67.8 Å². The summed E-state index contributed by atoms with van der Waals surface area (Å²) >= 11 is 6.03. The van der Waals surface area contributed by atoms with Gasteiger partial charge >= 0.3 is 23.9 Å². The van der Waals surface area contributed by atoms with Gasteiger partial charge in [-0.15, -0.1) is 0 Å². The van der Waals surface area contributed by atoms with Crippen LogP contribution in [0.3, 0.4) is 0 Å². The van der Waals surface area contributed by atoms with Crippen LogP contribution in [0.25, 0.3) is 0 Å². The number of halogens is 1. The summed E-state index contributed by atoms with van der Waals surface area (Å²) in [5.41, 5.74) is -7.91. The molecule has 4 N–H and O–H groups in total. The first kappa shape index (κ1) is 45.6. The molecule has 2 heterocycles. The maximum absolute atomic E-state index is 15.7. The second-order valence-electron chi connectivity index (χ2n) is 17.7. The van der Waals surface area contributed by atoms with Crippen molar-refractivity contribution in [3.05, 3.63) is 118 Å². The molecule has 16 heteroatoms. The maximum atomic E-state index is 15.7. The number of aliphatic hydroxyl groups excluding tert-OH is 2. The first-order valence-corrected chi connectivity index (χ1v) is 20.9. The van der Waals surface area contributed by atoms with Gasteiger partial charge in [0.05, 0.1) is 29.0 Å². The lowest BCUT2D eigenvalue weighted by Crippen LogP contribution is -2.76. The van der Waals surface area contributed by atoms with Gasteiger partial charge in [-0.05, 0) is 68.3 Å². The zero-order valence-corrected chi connectivity index (χ0v) is 36.5. The van der Waals surface area contributed by atoms with Crippen molar-refractivity contribution in [2.75, 3.05) is 0 Å². The lowest BCUT2D eigenvalue weighted by atomic mass is 9.46. The van der Waals surface area contributed by atoms with Crippen molar-refractivity contribution in [1.29, 1.82) is 0 Å². The van der Waals surface area contributed by atoms with Gasteiger partial charge in [-0.25, -0.2) is 9.59 Å². The van der Waals surface area contributed by atoms with E-state index in [-0.39, 0.29) is 28.7 Å². The molecule has 334 valence electrons. The molecule has 3 aliphatic carbocycles. The number of hydrogen-bond acceptors (Lipinski definition) is 14. The highest BCUT2D eigenvalue weighted by Crippen LogP contribution is 2.67. The molecule has 2 aliphatic heterocycles. The van der Waals surface area contributed by atoms with Crippen LogP contribution in [0.4, 0.5) is 0 Å². The van der Waals surface area contributed by atoms with Crippen LogP contribution in [0.5, 0.6) is 0 Å². The molecule has 6 bridgehead atoms. The molecule has 0 unspecified atom stereocenters. The smallest absolute Gasteiger partial charge is 0.338 e. The van der Waals surface area contributed by atoms with Crippen LogP contribution in [-0.4, -0.2) is 98.4 Å². The van der Waals surface area contributed by atoms with Crippen molar-refractivity contribution in [3.63, 3.8) is 0 Å². The van der Waals surface area contributed by atoms with E-state index in [1.165, 1.54) is 71.0 Å². The number of nitrogens with one attached hydrogen (secondary N) is 1. The number of benzene rings is 3. The van der Waals surface area contributed by atoms with Crippen LogP contribution in [-0.2, 0) is 42.9 Å². The minimum Gasteiger partial charge on any atom is -0.456 e. The Labute approximate surface area is 368 Å². The van der Waals surface area contributed by atoms with Crippen LogP contribution < -0.4 is 5.32 Å². The first-order valence-electron chi connectivity index (χ1n) is 20.5. The molecule has 0 spiro atoms. The van der Waals surface area contributed by atoms with E-state index in [0.717, 1.165) is 13.8 Å². The fraction of sp³-hybridized carbons (Fsp3) is 0.447. The third-order valence-electron chi connectivity index (χ3n) is 13.6. The predicted molar refractivity (Wildman–Crippen MR) is 222 cm³/mol. The Bertz CT molecular complexity index is 2370. The minimum atomic E-state index is -2.75. The molecule has 2 saturated carbocycles. The van der Waals surface area contributed by atoms with Gasteiger partial charge in [0.1, 0.15) is 29.5 Å². The van der Waals surface area contributed by atoms with E-state index in [1.807, 2.05) is 0 Å². The summed E-state index contributed by atoms with van der Waals surface area (Å²) in [7, 11) is 0. The Morgan fingerprint density at radius 3 is 2.02 bits per heavy atom. The largest absolute Gasteiger partial charge is 0.456 e. The van der Waals surface area contributed by atoms with Crippen LogP contribution in [0, 0.1) is 16.7 Å². The Kier molecular flexibility index (Phi) is 11.8. The average Bonchev–Trinajstić information content (AvgIpc) is 3.33. The summed E-state index contributed by atoms with van der Waals surface area (Å²) in [6, 6.07) is 20.5. The fourth-order valence-electron chi connectivity index (χ4n) is 10.5. The quantitative estimate of drug-likeness (QED) is 0.123. The number of esters is 4. The summed E-state index contributed by atoms with van der Waals surface area (Å²) in [5.74, 6) is -10.1. The fourth-order valence-corrected chi connectivity index (χ4v) is 10.6. The van der Waals surface area contributed by atoms with Gasteiger partial charge in [-0.1, -0.05) is 74.0 Å². The van der Waals surface area contributed by atoms with E-state index >= 15 is 4.79 Å². The molecular formula is C47H50ClNO14. The first-order chi connectivity index (χ1) is 29.5. The summed E-state index contributed by atoms with van der Waals surface area (Å²) in [6.45, 7) is 9.48. The summed E-state index contributed by atoms with van der Waals surface area (Å²) < 4.78 is 31.3. The number of rotatable bonds is 10.